The van der Waals surface area contributed by atoms with Crippen LogP contribution in [0.3, 0.4) is 0 Å². The van der Waals surface area contributed by atoms with E-state index in [-0.39, 0.29) is 31.1 Å². The van der Waals surface area contributed by atoms with Crippen molar-refractivity contribution < 1.29 is 53.7 Å². The number of aromatic nitrogens is 2. The number of imidazole rings is 1. The van der Waals surface area contributed by atoms with Gasteiger partial charge in [-0.3, -0.25) is 33.6 Å². The highest BCUT2D eigenvalue weighted by Crippen LogP contribution is 2.11. The molecule has 0 spiro atoms. The zero-order valence-electron chi connectivity index (χ0n) is 27.3. The highest BCUT2D eigenvalue weighted by molar-refractivity contribution is 5.96. The van der Waals surface area contributed by atoms with Gasteiger partial charge in [0.15, 0.2) is 0 Å². The lowest BCUT2D eigenvalue weighted by molar-refractivity contribution is -0.143. The van der Waals surface area contributed by atoms with E-state index in [4.69, 9.17) is 10.8 Å². The number of aromatic amines is 1. The SMILES string of the molecule is CC(C)C[C@H](NC(=O)[C@H](CC(C)C)NC(=O)[C@H](CC(=O)O)NC(=O)CNC(=O)[C@@H](N)Cc1cnc[nH]1)C(=O)N[C@@H](CCC(=O)O)C(=O)O. The average Bonchev–Trinajstić information content (AvgIpc) is 3.48. The lowest BCUT2D eigenvalue weighted by atomic mass is 9.99. The van der Waals surface area contributed by atoms with Crippen LogP contribution in [0.15, 0.2) is 12.5 Å². The zero-order chi connectivity index (χ0) is 36.6. The first-order valence-electron chi connectivity index (χ1n) is 15.3. The number of nitrogens with one attached hydrogen (secondary N) is 6. The molecule has 1 heterocycles. The Bertz CT molecular complexity index is 1290. The third kappa shape index (κ3) is 16.0. The molecule has 0 aliphatic rings. The summed E-state index contributed by atoms with van der Waals surface area (Å²) >= 11 is 0. The minimum atomic E-state index is -1.66. The number of aliphatic carboxylic acids is 3. The van der Waals surface area contributed by atoms with Crippen molar-refractivity contribution in [3.8, 4) is 0 Å². The molecule has 5 amide bonds. The van der Waals surface area contributed by atoms with Crippen LogP contribution < -0.4 is 32.3 Å². The van der Waals surface area contributed by atoms with E-state index < -0.39 is 103 Å². The summed E-state index contributed by atoms with van der Waals surface area (Å²) in [5.74, 6) is -8.89. The van der Waals surface area contributed by atoms with E-state index in [1.54, 1.807) is 27.7 Å². The van der Waals surface area contributed by atoms with Crippen LogP contribution in [0.2, 0.25) is 0 Å². The van der Waals surface area contributed by atoms with Crippen molar-refractivity contribution in [3.05, 3.63) is 18.2 Å². The molecule has 19 heteroatoms. The minimum absolute atomic E-state index is 0.0297. The number of hydrogen-bond acceptors (Lipinski definition) is 10. The normalized spacial score (nSPS) is 14.1. The average molecular weight is 683 g/mol. The topological polar surface area (TPSA) is 312 Å². The predicted molar refractivity (Wildman–Crippen MR) is 167 cm³/mol. The fourth-order valence-corrected chi connectivity index (χ4v) is 4.40. The van der Waals surface area contributed by atoms with Crippen LogP contribution in [0, 0.1) is 11.8 Å². The van der Waals surface area contributed by atoms with E-state index in [0.29, 0.717) is 5.69 Å². The molecule has 1 rings (SSSR count). The number of nitrogens with zero attached hydrogens (tertiary/aromatic N) is 1. The first-order valence-corrected chi connectivity index (χ1v) is 15.3. The van der Waals surface area contributed by atoms with Gasteiger partial charge in [0, 0.05) is 24.7 Å². The third-order valence-corrected chi connectivity index (χ3v) is 6.73. The second-order valence-corrected chi connectivity index (χ2v) is 12.0. The number of carbonyl (C=O) groups is 8. The minimum Gasteiger partial charge on any atom is -0.481 e. The molecular formula is C29H46N8O11. The first kappa shape index (κ1) is 41.0. The number of nitrogens with two attached hydrogens (primary N) is 1. The van der Waals surface area contributed by atoms with E-state index >= 15 is 0 Å². The summed E-state index contributed by atoms with van der Waals surface area (Å²) in [5.41, 5.74) is 6.41. The lowest BCUT2D eigenvalue weighted by Crippen LogP contribution is -2.58. The van der Waals surface area contributed by atoms with Crippen LogP contribution in [0.4, 0.5) is 0 Å². The van der Waals surface area contributed by atoms with Crippen molar-refractivity contribution in [2.75, 3.05) is 6.54 Å². The second kappa shape index (κ2) is 20.2. The van der Waals surface area contributed by atoms with Gasteiger partial charge in [-0.05, 0) is 31.1 Å². The van der Waals surface area contributed by atoms with Gasteiger partial charge in [-0.1, -0.05) is 27.7 Å². The molecular weight excluding hydrogens is 636 g/mol. The highest BCUT2D eigenvalue weighted by atomic mass is 16.4. The maximum atomic E-state index is 13.4. The third-order valence-electron chi connectivity index (χ3n) is 6.73. The van der Waals surface area contributed by atoms with Gasteiger partial charge in [0.05, 0.1) is 25.3 Å². The van der Waals surface area contributed by atoms with Crippen molar-refractivity contribution in [1.29, 1.82) is 0 Å². The first-order chi connectivity index (χ1) is 22.4. The van der Waals surface area contributed by atoms with E-state index in [1.807, 2.05) is 0 Å². The summed E-state index contributed by atoms with van der Waals surface area (Å²) in [6, 6.07) is -6.81. The number of amides is 5. The molecule has 0 aliphatic heterocycles. The maximum absolute atomic E-state index is 13.4. The molecule has 5 atom stereocenters. The van der Waals surface area contributed by atoms with Crippen LogP contribution in [0.5, 0.6) is 0 Å². The maximum Gasteiger partial charge on any atom is 0.326 e. The molecule has 0 aromatic carbocycles. The predicted octanol–water partition coefficient (Wildman–Crippen LogP) is -2.15. The Morgan fingerprint density at radius 1 is 0.750 bits per heavy atom. The summed E-state index contributed by atoms with van der Waals surface area (Å²) < 4.78 is 0. The quantitative estimate of drug-likeness (QED) is 0.0625. The van der Waals surface area contributed by atoms with Gasteiger partial charge in [-0.25, -0.2) is 9.78 Å². The van der Waals surface area contributed by atoms with Gasteiger partial charge in [0.25, 0.3) is 0 Å². The van der Waals surface area contributed by atoms with E-state index in [0.717, 1.165) is 0 Å². The number of rotatable bonds is 22. The Morgan fingerprint density at radius 3 is 1.71 bits per heavy atom. The Morgan fingerprint density at radius 2 is 1.27 bits per heavy atom. The van der Waals surface area contributed by atoms with Crippen molar-refractivity contribution in [2.45, 2.75) is 96.4 Å². The molecule has 19 nitrogen and oxygen atoms in total. The standard InChI is InChI=1S/C29H46N8O11/c1-14(2)7-19(26(44)35-18(29(47)48)5-6-23(39)40)36-27(45)20(8-15(3)4)37-28(46)21(10-24(41)42)34-22(38)12-32-25(43)17(30)9-16-11-31-13-33-16/h11,13-15,17-21H,5-10,12,30H2,1-4H3,(H,31,33)(H,32,43)(H,34,38)(H,35,44)(H,36,45)(H,37,46)(H,39,40)(H,41,42)(H,47,48)/t17-,18-,19-,20-,21-/m0/s1. The summed E-state index contributed by atoms with van der Waals surface area (Å²) in [5, 5.41) is 39.4. The molecule has 0 saturated heterocycles. The fraction of sp³-hybridized carbons (Fsp3) is 0.621. The van der Waals surface area contributed by atoms with Crippen molar-refractivity contribution in [2.24, 2.45) is 17.6 Å². The number of carboxylic acid groups (broad SMARTS) is 3. The molecule has 48 heavy (non-hydrogen) atoms. The summed E-state index contributed by atoms with van der Waals surface area (Å²) in [4.78, 5) is 105. The number of carbonyl (C=O) groups excluding carboxylic acids is 5. The molecule has 0 radical (unpaired) electrons. The van der Waals surface area contributed by atoms with Crippen molar-refractivity contribution in [1.82, 2.24) is 36.6 Å². The Kier molecular flexibility index (Phi) is 17.3. The Hall–Kier alpha value is -5.07. The molecule has 0 bridgehead atoms. The van der Waals surface area contributed by atoms with Crippen LogP contribution in [-0.4, -0.2) is 109 Å². The van der Waals surface area contributed by atoms with Gasteiger partial charge >= 0.3 is 17.9 Å². The zero-order valence-corrected chi connectivity index (χ0v) is 27.3. The number of H-pyrrole nitrogens is 1. The van der Waals surface area contributed by atoms with Gasteiger partial charge in [0.2, 0.25) is 29.5 Å². The molecule has 0 fully saturated rings. The summed E-state index contributed by atoms with van der Waals surface area (Å²) in [6.45, 7) is 6.33. The molecule has 268 valence electrons. The molecule has 0 saturated carbocycles. The van der Waals surface area contributed by atoms with Gasteiger partial charge in [0.1, 0.15) is 24.2 Å². The Balaban J connectivity index is 3.01. The van der Waals surface area contributed by atoms with Crippen LogP contribution >= 0.6 is 0 Å². The lowest BCUT2D eigenvalue weighted by Gasteiger charge is -2.27. The summed E-state index contributed by atoms with van der Waals surface area (Å²) in [7, 11) is 0. The van der Waals surface area contributed by atoms with Gasteiger partial charge in [-0.2, -0.15) is 0 Å². The van der Waals surface area contributed by atoms with E-state index in [9.17, 15) is 48.6 Å². The second-order valence-electron chi connectivity index (χ2n) is 12.0. The number of hydrogen-bond donors (Lipinski definition) is 10. The summed E-state index contributed by atoms with van der Waals surface area (Å²) in [6.07, 6.45) is 1.27. The fourth-order valence-electron chi connectivity index (χ4n) is 4.40. The van der Waals surface area contributed by atoms with Crippen LogP contribution in [-0.2, 0) is 44.8 Å². The number of carboxylic acids is 3. The molecule has 1 aromatic heterocycles. The Labute approximate surface area is 276 Å². The highest BCUT2D eigenvalue weighted by Gasteiger charge is 2.33. The van der Waals surface area contributed by atoms with Crippen LogP contribution in [0.25, 0.3) is 0 Å². The largest absolute Gasteiger partial charge is 0.481 e. The van der Waals surface area contributed by atoms with Crippen LogP contribution in [0.1, 0.15) is 65.5 Å². The van der Waals surface area contributed by atoms with Crippen molar-refractivity contribution in [3.63, 3.8) is 0 Å². The van der Waals surface area contributed by atoms with E-state index in [2.05, 4.69) is 36.6 Å². The monoisotopic (exact) mass is 682 g/mol. The smallest absolute Gasteiger partial charge is 0.326 e. The molecule has 0 unspecified atom stereocenters. The molecule has 11 N–H and O–H groups in total. The van der Waals surface area contributed by atoms with Gasteiger partial charge in [-0.15, -0.1) is 0 Å². The molecule has 0 aliphatic carbocycles. The van der Waals surface area contributed by atoms with E-state index in [1.165, 1.54) is 12.5 Å². The van der Waals surface area contributed by atoms with Gasteiger partial charge < -0.3 is 52.6 Å². The molecule has 1 aromatic rings. The van der Waals surface area contributed by atoms with Crippen molar-refractivity contribution >= 4 is 47.4 Å².